The molecule has 1 rings (SSSR count). The summed E-state index contributed by atoms with van der Waals surface area (Å²) in [6.07, 6.45) is -1.11. The molecular weight excluding hydrogens is 259 g/mol. The van der Waals surface area contributed by atoms with E-state index in [0.717, 1.165) is 25.1 Å². The first-order valence-electron chi connectivity index (χ1n) is 6.25. The summed E-state index contributed by atoms with van der Waals surface area (Å²) in [4.78, 5) is 9.13. The van der Waals surface area contributed by atoms with Gasteiger partial charge in [0.2, 0.25) is 5.95 Å². The molecule has 0 amide bonds. The van der Waals surface area contributed by atoms with Gasteiger partial charge in [-0.3, -0.25) is 0 Å². The SMILES string of the molecule is CCCCN(CCCO)c1nccc(C(F)(F)F)n1. The van der Waals surface area contributed by atoms with Gasteiger partial charge in [0.15, 0.2) is 0 Å². The largest absolute Gasteiger partial charge is 0.433 e. The van der Waals surface area contributed by atoms with Crippen LogP contribution in [0.2, 0.25) is 0 Å². The molecule has 0 unspecified atom stereocenters. The fraction of sp³-hybridized carbons (Fsp3) is 0.667. The van der Waals surface area contributed by atoms with Crippen molar-refractivity contribution in [2.75, 3.05) is 24.6 Å². The second-order valence-corrected chi connectivity index (χ2v) is 4.16. The molecule has 0 fully saturated rings. The number of aromatic nitrogens is 2. The van der Waals surface area contributed by atoms with Crippen molar-refractivity contribution in [2.45, 2.75) is 32.4 Å². The van der Waals surface area contributed by atoms with E-state index in [1.807, 2.05) is 6.92 Å². The monoisotopic (exact) mass is 277 g/mol. The maximum absolute atomic E-state index is 12.6. The van der Waals surface area contributed by atoms with Crippen molar-refractivity contribution < 1.29 is 18.3 Å². The first-order valence-corrected chi connectivity index (χ1v) is 6.25. The van der Waals surface area contributed by atoms with Crippen LogP contribution in [0.25, 0.3) is 0 Å². The summed E-state index contributed by atoms with van der Waals surface area (Å²) in [5.41, 5.74) is -0.942. The second kappa shape index (κ2) is 7.28. The Kier molecular flexibility index (Phi) is 6.01. The number of nitrogens with zero attached hydrogens (tertiary/aromatic N) is 3. The number of alkyl halides is 3. The minimum atomic E-state index is -4.47. The Labute approximate surface area is 110 Å². The van der Waals surface area contributed by atoms with Crippen LogP contribution in [0, 0.1) is 0 Å². The molecule has 0 radical (unpaired) electrons. The molecule has 1 heterocycles. The number of halogens is 3. The predicted molar refractivity (Wildman–Crippen MR) is 65.9 cm³/mol. The number of hydrogen-bond donors (Lipinski definition) is 1. The number of aliphatic hydroxyl groups excluding tert-OH is 1. The van der Waals surface area contributed by atoms with Crippen LogP contribution in [-0.4, -0.2) is 34.8 Å². The Morgan fingerprint density at radius 1 is 1.26 bits per heavy atom. The molecule has 0 saturated carbocycles. The molecule has 19 heavy (non-hydrogen) atoms. The number of hydrogen-bond acceptors (Lipinski definition) is 4. The summed E-state index contributed by atoms with van der Waals surface area (Å²) in [5.74, 6) is 0.0664. The average molecular weight is 277 g/mol. The Balaban J connectivity index is 2.88. The Morgan fingerprint density at radius 3 is 2.53 bits per heavy atom. The van der Waals surface area contributed by atoms with E-state index < -0.39 is 11.9 Å². The van der Waals surface area contributed by atoms with Crippen LogP contribution in [0.4, 0.5) is 19.1 Å². The van der Waals surface area contributed by atoms with Crippen molar-refractivity contribution >= 4 is 5.95 Å². The molecule has 108 valence electrons. The van der Waals surface area contributed by atoms with E-state index in [0.29, 0.717) is 19.5 Å². The molecule has 7 heteroatoms. The van der Waals surface area contributed by atoms with E-state index in [4.69, 9.17) is 5.11 Å². The molecule has 0 aliphatic carbocycles. The normalized spacial score (nSPS) is 11.6. The Morgan fingerprint density at radius 2 is 1.95 bits per heavy atom. The van der Waals surface area contributed by atoms with Gasteiger partial charge in [-0.15, -0.1) is 0 Å². The third kappa shape index (κ3) is 5.02. The lowest BCUT2D eigenvalue weighted by atomic mass is 10.3. The maximum Gasteiger partial charge on any atom is 0.433 e. The zero-order valence-corrected chi connectivity index (χ0v) is 10.8. The van der Waals surface area contributed by atoms with Crippen LogP contribution in [0.15, 0.2) is 12.3 Å². The van der Waals surface area contributed by atoms with Crippen LogP contribution in [0.1, 0.15) is 31.9 Å². The van der Waals surface area contributed by atoms with Gasteiger partial charge in [0.25, 0.3) is 0 Å². The lowest BCUT2D eigenvalue weighted by molar-refractivity contribution is -0.141. The highest BCUT2D eigenvalue weighted by Gasteiger charge is 2.33. The highest BCUT2D eigenvalue weighted by atomic mass is 19.4. The van der Waals surface area contributed by atoms with Gasteiger partial charge >= 0.3 is 6.18 Å². The van der Waals surface area contributed by atoms with Gasteiger partial charge in [-0.1, -0.05) is 13.3 Å². The van der Waals surface area contributed by atoms with Crippen molar-refractivity contribution in [1.29, 1.82) is 0 Å². The Hall–Kier alpha value is -1.37. The molecule has 0 bridgehead atoms. The minimum Gasteiger partial charge on any atom is -0.396 e. The van der Waals surface area contributed by atoms with Gasteiger partial charge < -0.3 is 10.0 Å². The van der Waals surface area contributed by atoms with Gasteiger partial charge in [0.1, 0.15) is 5.69 Å². The van der Waals surface area contributed by atoms with Crippen molar-refractivity contribution in [3.63, 3.8) is 0 Å². The average Bonchev–Trinajstić information content (AvgIpc) is 2.38. The van der Waals surface area contributed by atoms with Crippen molar-refractivity contribution in [2.24, 2.45) is 0 Å². The van der Waals surface area contributed by atoms with E-state index in [1.165, 1.54) is 0 Å². The quantitative estimate of drug-likeness (QED) is 0.832. The van der Waals surface area contributed by atoms with Gasteiger partial charge in [-0.2, -0.15) is 13.2 Å². The maximum atomic E-state index is 12.6. The standard InChI is InChI=1S/C12H18F3N3O/c1-2-3-7-18(8-4-9-19)11-16-6-5-10(17-11)12(13,14)15/h5-6,19H,2-4,7-9H2,1H3. The topological polar surface area (TPSA) is 49.2 Å². The zero-order chi connectivity index (χ0) is 14.3. The number of aliphatic hydroxyl groups is 1. The number of anilines is 1. The van der Waals surface area contributed by atoms with Gasteiger partial charge in [-0.25, -0.2) is 9.97 Å². The molecule has 1 aromatic heterocycles. The van der Waals surface area contributed by atoms with E-state index in [-0.39, 0.29) is 12.6 Å². The van der Waals surface area contributed by atoms with E-state index in [1.54, 1.807) is 4.90 Å². The summed E-state index contributed by atoms with van der Waals surface area (Å²) in [6, 6.07) is 0.855. The number of unbranched alkanes of at least 4 members (excludes halogenated alkanes) is 1. The van der Waals surface area contributed by atoms with Crippen molar-refractivity contribution in [3.05, 3.63) is 18.0 Å². The molecule has 0 aromatic carbocycles. The first-order chi connectivity index (χ1) is 8.99. The highest BCUT2D eigenvalue weighted by Crippen LogP contribution is 2.28. The summed E-state index contributed by atoms with van der Waals surface area (Å²) in [7, 11) is 0. The fourth-order valence-electron chi connectivity index (χ4n) is 1.58. The minimum absolute atomic E-state index is 0.0123. The third-order valence-electron chi connectivity index (χ3n) is 2.58. The summed E-state index contributed by atoms with van der Waals surface area (Å²) >= 11 is 0. The fourth-order valence-corrected chi connectivity index (χ4v) is 1.58. The summed E-state index contributed by atoms with van der Waals surface area (Å²) in [6.45, 7) is 3.01. The van der Waals surface area contributed by atoms with Crippen LogP contribution >= 0.6 is 0 Å². The van der Waals surface area contributed by atoms with Gasteiger partial charge in [0.05, 0.1) is 0 Å². The third-order valence-corrected chi connectivity index (χ3v) is 2.58. The molecule has 0 aliphatic heterocycles. The first kappa shape index (κ1) is 15.7. The highest BCUT2D eigenvalue weighted by molar-refractivity contribution is 5.30. The van der Waals surface area contributed by atoms with E-state index in [2.05, 4.69) is 9.97 Å². The molecule has 0 spiro atoms. The van der Waals surface area contributed by atoms with Crippen LogP contribution in [0.3, 0.4) is 0 Å². The molecule has 0 atom stereocenters. The lowest BCUT2D eigenvalue weighted by Gasteiger charge is -2.22. The number of rotatable bonds is 7. The lowest BCUT2D eigenvalue weighted by Crippen LogP contribution is -2.29. The molecule has 4 nitrogen and oxygen atoms in total. The predicted octanol–water partition coefficient (Wildman–Crippen LogP) is 2.48. The van der Waals surface area contributed by atoms with Crippen LogP contribution < -0.4 is 4.90 Å². The van der Waals surface area contributed by atoms with E-state index in [9.17, 15) is 13.2 Å². The summed E-state index contributed by atoms with van der Waals surface area (Å²) < 4.78 is 37.8. The molecular formula is C12H18F3N3O. The Bertz CT molecular complexity index is 377. The van der Waals surface area contributed by atoms with Crippen molar-refractivity contribution in [3.8, 4) is 0 Å². The van der Waals surface area contributed by atoms with Crippen LogP contribution in [0.5, 0.6) is 0 Å². The zero-order valence-electron chi connectivity index (χ0n) is 10.8. The molecule has 1 aromatic rings. The smallest absolute Gasteiger partial charge is 0.396 e. The second-order valence-electron chi connectivity index (χ2n) is 4.16. The summed E-state index contributed by atoms with van der Waals surface area (Å²) in [5, 5.41) is 8.82. The molecule has 0 saturated heterocycles. The van der Waals surface area contributed by atoms with Crippen molar-refractivity contribution in [1.82, 2.24) is 9.97 Å². The van der Waals surface area contributed by atoms with Gasteiger partial charge in [-0.05, 0) is 18.9 Å². The van der Waals surface area contributed by atoms with Gasteiger partial charge in [0, 0.05) is 25.9 Å². The molecule has 0 aliphatic rings. The molecule has 1 N–H and O–H groups in total. The van der Waals surface area contributed by atoms with Crippen LogP contribution in [-0.2, 0) is 6.18 Å². The van der Waals surface area contributed by atoms with E-state index >= 15 is 0 Å².